The van der Waals surface area contributed by atoms with Crippen molar-refractivity contribution >= 4 is 40.8 Å². The largest absolute Gasteiger partial charge is 0.389 e. The number of allylic oxidation sites excluding steroid dienone is 1. The molecule has 9 heterocycles. The molecule has 6 saturated heterocycles. The number of nitrogens with zero attached hydrogens (tertiary/aromatic N) is 7. The standard InChI is InChI=1S/C49H68N12O5/c1-48(66)18-3-2-4-23-60-46(65)36-30-50-47(55-43(36)61(60)41-7-5-6-39(48)53-41)51-32-8-10-33(11-9-32)56-26-28-57(29-27-56)34-16-19-49(20-17-34)21-24-58(25-22-49)40-14-12-35-37(52-40)31-59(45(35)64)38-13-15-42(62)54-44(38)63/h2,4,8-12,14,34,36,38-39,41,43,47,50-51,53,55,66H,3,5-7,13,15-31H2,1H3,(H,54,62,63)/b4-2-/t36?,38?,39?,41?,43?,47?,48-/m1/s1. The minimum atomic E-state index is -0.806. The van der Waals surface area contributed by atoms with Gasteiger partial charge in [-0.25, -0.2) is 4.98 Å². The molecule has 6 unspecified atom stereocenters. The van der Waals surface area contributed by atoms with Crippen LogP contribution in [0, 0.1) is 11.3 Å². The second kappa shape index (κ2) is 17.8. The van der Waals surface area contributed by atoms with Crippen LogP contribution in [0.3, 0.4) is 0 Å². The van der Waals surface area contributed by atoms with Crippen molar-refractivity contribution in [1.82, 2.24) is 46.1 Å². The Hall–Kier alpha value is -4.65. The first-order valence-corrected chi connectivity index (χ1v) is 25.0. The number of aromatic nitrogens is 1. The summed E-state index contributed by atoms with van der Waals surface area (Å²) in [5.41, 5.74) is 3.14. The van der Waals surface area contributed by atoms with Crippen molar-refractivity contribution in [2.45, 2.75) is 139 Å². The second-order valence-corrected chi connectivity index (χ2v) is 20.9. The third-order valence-corrected chi connectivity index (χ3v) is 17.0. The van der Waals surface area contributed by atoms with Crippen molar-refractivity contribution in [3.8, 4) is 0 Å². The van der Waals surface area contributed by atoms with E-state index in [0.717, 1.165) is 95.0 Å². The molecule has 17 heteroatoms. The molecular formula is C49H68N12O5. The highest BCUT2D eigenvalue weighted by Gasteiger charge is 2.53. The van der Waals surface area contributed by atoms with Gasteiger partial charge in [-0.2, -0.15) is 5.01 Å². The quantitative estimate of drug-likeness (QED) is 0.184. The van der Waals surface area contributed by atoms with Crippen LogP contribution in [-0.4, -0.2) is 148 Å². The van der Waals surface area contributed by atoms with E-state index in [4.69, 9.17) is 4.98 Å². The summed E-state index contributed by atoms with van der Waals surface area (Å²) in [6, 6.07) is 12.6. The van der Waals surface area contributed by atoms with Crippen LogP contribution in [0.25, 0.3) is 0 Å². The smallest absolute Gasteiger partial charge is 0.256 e. The Bertz CT molecular complexity index is 2200. The van der Waals surface area contributed by atoms with Crippen molar-refractivity contribution in [3.05, 3.63) is 59.8 Å². The minimum absolute atomic E-state index is 0.0178. The molecule has 9 aliphatic rings. The third-order valence-electron chi connectivity index (χ3n) is 17.0. The number of rotatable bonds is 6. The molecule has 11 rings (SSSR count). The second-order valence-electron chi connectivity index (χ2n) is 20.9. The summed E-state index contributed by atoms with van der Waals surface area (Å²) in [5.74, 6) is 0.00207. The van der Waals surface area contributed by atoms with E-state index < -0.39 is 17.6 Å². The molecule has 17 nitrogen and oxygen atoms in total. The minimum Gasteiger partial charge on any atom is -0.389 e. The Balaban J connectivity index is 0.638. The van der Waals surface area contributed by atoms with Gasteiger partial charge < -0.3 is 25.1 Å². The number of imide groups is 1. The fourth-order valence-electron chi connectivity index (χ4n) is 12.9. The average molecular weight is 905 g/mol. The van der Waals surface area contributed by atoms with E-state index in [2.05, 4.69) is 82.7 Å². The van der Waals surface area contributed by atoms with E-state index in [9.17, 15) is 24.3 Å². The number of aliphatic hydroxyl groups is 1. The number of carbonyl (C=O) groups is 4. The van der Waals surface area contributed by atoms with Gasteiger partial charge in [-0.1, -0.05) is 12.2 Å². The summed E-state index contributed by atoms with van der Waals surface area (Å²) in [5, 5.41) is 32.6. The van der Waals surface area contributed by atoms with Gasteiger partial charge in [0.2, 0.25) is 17.7 Å². The number of carbonyl (C=O) groups excluding carboxylic acids is 4. The number of benzene rings is 1. The topological polar surface area (TPSA) is 181 Å². The van der Waals surface area contributed by atoms with Gasteiger partial charge in [0, 0.05) is 75.7 Å². The number of fused-ring (bicyclic) bond motifs is 7. The number of hydrogen-bond donors (Lipinski definition) is 6. The number of pyridine rings is 1. The lowest BCUT2D eigenvalue weighted by atomic mass is 9.66. The zero-order chi connectivity index (χ0) is 45.2. The van der Waals surface area contributed by atoms with Gasteiger partial charge in [0.05, 0.1) is 48.2 Å². The van der Waals surface area contributed by atoms with E-state index in [1.54, 1.807) is 4.90 Å². The monoisotopic (exact) mass is 905 g/mol. The fraction of sp³-hybridized carbons (Fsp3) is 0.653. The highest BCUT2D eigenvalue weighted by atomic mass is 16.3. The van der Waals surface area contributed by atoms with Crippen molar-refractivity contribution in [3.63, 3.8) is 0 Å². The molecule has 1 aromatic heterocycles. The fourth-order valence-corrected chi connectivity index (χ4v) is 12.9. The SMILES string of the molecule is C[C@@]1(O)CC/C=C\CN2C(=O)C3CNC(Nc4ccc(N5CCN(C6CCC7(CC6)CCN(c6ccc8c(n6)CN(C6CCC(=O)NC6=O)C8=O)CC7)CC5)cc4)NC3N2C2CCCC1N2. The lowest BCUT2D eigenvalue weighted by Crippen LogP contribution is -2.69. The molecule has 0 radical (unpaired) electrons. The van der Waals surface area contributed by atoms with Crippen molar-refractivity contribution < 1.29 is 24.3 Å². The van der Waals surface area contributed by atoms with Crippen LogP contribution in [0.1, 0.15) is 106 Å². The Morgan fingerprint density at radius 3 is 2.38 bits per heavy atom. The highest BCUT2D eigenvalue weighted by Crippen LogP contribution is 2.46. The van der Waals surface area contributed by atoms with Crippen molar-refractivity contribution in [2.75, 3.05) is 67.5 Å². The molecule has 7 fully saturated rings. The van der Waals surface area contributed by atoms with Crippen LogP contribution < -0.4 is 36.4 Å². The van der Waals surface area contributed by atoms with E-state index in [1.165, 1.54) is 31.4 Å². The number of piperazine rings is 1. The van der Waals surface area contributed by atoms with Crippen LogP contribution in [0.4, 0.5) is 17.2 Å². The maximum absolute atomic E-state index is 13.8. The average Bonchev–Trinajstić information content (AvgIpc) is 3.80. The van der Waals surface area contributed by atoms with Gasteiger partial charge in [0.15, 0.2) is 0 Å². The first-order valence-electron chi connectivity index (χ1n) is 25.0. The van der Waals surface area contributed by atoms with Gasteiger partial charge >= 0.3 is 0 Å². The molecule has 1 saturated carbocycles. The van der Waals surface area contributed by atoms with Crippen LogP contribution in [-0.2, 0) is 20.9 Å². The molecule has 1 aliphatic carbocycles. The lowest BCUT2D eigenvalue weighted by molar-refractivity contribution is -0.146. The first kappa shape index (κ1) is 43.9. The number of hydrogen-bond acceptors (Lipinski definition) is 14. The molecule has 8 aliphatic heterocycles. The van der Waals surface area contributed by atoms with Gasteiger partial charge in [-0.05, 0) is 126 Å². The Labute approximate surface area is 388 Å². The summed E-state index contributed by atoms with van der Waals surface area (Å²) in [6.07, 6.45) is 16.1. The van der Waals surface area contributed by atoms with Crippen LogP contribution in [0.2, 0.25) is 0 Å². The predicted molar refractivity (Wildman–Crippen MR) is 250 cm³/mol. The Morgan fingerprint density at radius 2 is 1.61 bits per heavy atom. The number of hydrazine groups is 1. The van der Waals surface area contributed by atoms with Gasteiger partial charge in [0.1, 0.15) is 18.1 Å². The molecule has 1 aromatic carbocycles. The number of amides is 4. The van der Waals surface area contributed by atoms with E-state index >= 15 is 0 Å². The molecule has 2 aromatic rings. The van der Waals surface area contributed by atoms with E-state index in [-0.39, 0.29) is 54.7 Å². The predicted octanol–water partition coefficient (Wildman–Crippen LogP) is 2.65. The molecule has 1 spiro atoms. The van der Waals surface area contributed by atoms with Crippen molar-refractivity contribution in [2.24, 2.45) is 11.3 Å². The maximum atomic E-state index is 13.8. The van der Waals surface area contributed by atoms with Gasteiger partial charge in [-0.15, -0.1) is 0 Å². The summed E-state index contributed by atoms with van der Waals surface area (Å²) >= 11 is 0. The first-order chi connectivity index (χ1) is 32.0. The van der Waals surface area contributed by atoms with E-state index in [1.807, 2.05) is 24.1 Å². The summed E-state index contributed by atoms with van der Waals surface area (Å²) < 4.78 is 0. The van der Waals surface area contributed by atoms with Crippen LogP contribution in [0.15, 0.2) is 48.6 Å². The summed E-state index contributed by atoms with van der Waals surface area (Å²) in [4.78, 5) is 65.4. The molecule has 66 heavy (non-hydrogen) atoms. The highest BCUT2D eigenvalue weighted by molar-refractivity contribution is 6.05. The Morgan fingerprint density at radius 1 is 0.818 bits per heavy atom. The van der Waals surface area contributed by atoms with Crippen molar-refractivity contribution in [1.29, 1.82) is 0 Å². The summed E-state index contributed by atoms with van der Waals surface area (Å²) in [7, 11) is 0. The molecule has 354 valence electrons. The molecule has 7 atom stereocenters. The molecule has 6 N–H and O–H groups in total. The maximum Gasteiger partial charge on any atom is 0.256 e. The van der Waals surface area contributed by atoms with Gasteiger partial charge in [-0.3, -0.25) is 50.4 Å². The molecule has 4 amide bonds. The number of nitrogens with one attached hydrogen (secondary N) is 5. The van der Waals surface area contributed by atoms with Crippen LogP contribution in [0.5, 0.6) is 0 Å². The van der Waals surface area contributed by atoms with E-state index in [0.29, 0.717) is 49.5 Å². The number of piperidine rings is 3. The normalized spacial score (nSPS) is 33.8. The zero-order valence-electron chi connectivity index (χ0n) is 38.4. The molecular weight excluding hydrogens is 837 g/mol. The Kier molecular flexibility index (Phi) is 11.8. The zero-order valence-corrected chi connectivity index (χ0v) is 38.4. The summed E-state index contributed by atoms with van der Waals surface area (Å²) in [6.45, 7) is 9.48. The van der Waals surface area contributed by atoms with Gasteiger partial charge in [0.25, 0.3) is 5.91 Å². The number of anilines is 3. The van der Waals surface area contributed by atoms with Crippen LogP contribution >= 0.6 is 0 Å². The third kappa shape index (κ3) is 8.37. The lowest BCUT2D eigenvalue weighted by Gasteiger charge is -2.49. The molecule has 2 bridgehead atoms.